The van der Waals surface area contributed by atoms with E-state index >= 15 is 0 Å². The topological polar surface area (TPSA) is 53.4 Å². The van der Waals surface area contributed by atoms with Crippen LogP contribution in [0, 0.1) is 0 Å². The molecule has 0 aliphatic heterocycles. The zero-order chi connectivity index (χ0) is 20.9. The zero-order valence-corrected chi connectivity index (χ0v) is 16.9. The second-order valence-electron chi connectivity index (χ2n) is 6.89. The molecule has 150 valence electrons. The van der Waals surface area contributed by atoms with Gasteiger partial charge >= 0.3 is 0 Å². The van der Waals surface area contributed by atoms with Crippen LogP contribution in [0.3, 0.4) is 0 Å². The molecule has 0 aliphatic rings. The van der Waals surface area contributed by atoms with Crippen LogP contribution in [0.5, 0.6) is 11.5 Å². The number of aromatic nitrogens is 2. The molecule has 0 bridgehead atoms. The summed E-state index contributed by atoms with van der Waals surface area (Å²) in [5, 5.41) is 0. The summed E-state index contributed by atoms with van der Waals surface area (Å²) in [6, 6.07) is 23.0. The van der Waals surface area contributed by atoms with E-state index in [2.05, 4.69) is 4.98 Å². The van der Waals surface area contributed by atoms with Gasteiger partial charge in [-0.05, 0) is 65.2 Å². The third-order valence-corrected chi connectivity index (χ3v) is 4.97. The molecule has 0 amide bonds. The summed E-state index contributed by atoms with van der Waals surface area (Å²) in [5.74, 6) is 1.61. The van der Waals surface area contributed by atoms with E-state index in [0.29, 0.717) is 6.54 Å². The second-order valence-corrected chi connectivity index (χ2v) is 6.89. The van der Waals surface area contributed by atoms with Crippen LogP contribution in [0.4, 0.5) is 0 Å². The van der Waals surface area contributed by atoms with Crippen molar-refractivity contribution in [2.24, 2.45) is 0 Å². The molecule has 5 nitrogen and oxygen atoms in total. The Bertz CT molecular complexity index is 1180. The number of methoxy groups -OCH3 is 2. The molecular weight excluding hydrogens is 376 g/mol. The van der Waals surface area contributed by atoms with E-state index in [0.717, 1.165) is 39.4 Å². The van der Waals surface area contributed by atoms with Crippen molar-refractivity contribution in [1.29, 1.82) is 0 Å². The van der Waals surface area contributed by atoms with Crippen molar-refractivity contribution in [3.05, 3.63) is 101 Å². The molecule has 0 unspecified atom stereocenters. The SMILES string of the molecule is COc1ccc(-c2ccc(=O)n(Cc3ccc(-c4ccc(OC)cc4)nc3)c2)cc1. The molecule has 30 heavy (non-hydrogen) atoms. The number of benzene rings is 2. The molecule has 0 atom stereocenters. The average Bonchev–Trinajstić information content (AvgIpc) is 2.81. The number of ether oxygens (including phenoxy) is 2. The number of rotatable bonds is 6. The fourth-order valence-corrected chi connectivity index (χ4v) is 3.26. The first-order valence-electron chi connectivity index (χ1n) is 9.60. The van der Waals surface area contributed by atoms with Gasteiger partial charge in [-0.2, -0.15) is 0 Å². The van der Waals surface area contributed by atoms with Gasteiger partial charge in [0.1, 0.15) is 11.5 Å². The summed E-state index contributed by atoms with van der Waals surface area (Å²) in [6.07, 6.45) is 3.69. The molecule has 0 fully saturated rings. The first-order valence-corrected chi connectivity index (χ1v) is 9.60. The highest BCUT2D eigenvalue weighted by Gasteiger charge is 2.05. The first kappa shape index (κ1) is 19.5. The second kappa shape index (κ2) is 8.66. The van der Waals surface area contributed by atoms with Crippen LogP contribution >= 0.6 is 0 Å². The minimum absolute atomic E-state index is 0.0495. The van der Waals surface area contributed by atoms with E-state index in [9.17, 15) is 4.79 Å². The van der Waals surface area contributed by atoms with E-state index in [1.807, 2.05) is 79.1 Å². The van der Waals surface area contributed by atoms with Crippen LogP contribution in [0.25, 0.3) is 22.4 Å². The van der Waals surface area contributed by atoms with E-state index in [4.69, 9.17) is 9.47 Å². The van der Waals surface area contributed by atoms with Crippen LogP contribution in [0.1, 0.15) is 5.56 Å². The van der Waals surface area contributed by atoms with Crippen LogP contribution in [0.2, 0.25) is 0 Å². The van der Waals surface area contributed by atoms with Crippen LogP contribution < -0.4 is 15.0 Å². The molecule has 0 N–H and O–H groups in total. The van der Waals surface area contributed by atoms with E-state index < -0.39 is 0 Å². The molecule has 2 aromatic carbocycles. The quantitative estimate of drug-likeness (QED) is 0.475. The lowest BCUT2D eigenvalue weighted by Crippen LogP contribution is -2.19. The maximum atomic E-state index is 12.4. The minimum atomic E-state index is -0.0495. The third kappa shape index (κ3) is 4.25. The predicted molar refractivity (Wildman–Crippen MR) is 118 cm³/mol. The van der Waals surface area contributed by atoms with E-state index in [1.54, 1.807) is 24.9 Å². The van der Waals surface area contributed by atoms with Gasteiger partial charge in [0, 0.05) is 24.0 Å². The van der Waals surface area contributed by atoms with Crippen molar-refractivity contribution in [1.82, 2.24) is 9.55 Å². The van der Waals surface area contributed by atoms with Gasteiger partial charge in [-0.3, -0.25) is 9.78 Å². The minimum Gasteiger partial charge on any atom is -0.497 e. The molecule has 0 radical (unpaired) electrons. The van der Waals surface area contributed by atoms with Gasteiger partial charge < -0.3 is 14.0 Å². The molecule has 0 saturated heterocycles. The largest absolute Gasteiger partial charge is 0.497 e. The average molecular weight is 398 g/mol. The van der Waals surface area contributed by atoms with Crippen molar-refractivity contribution in [2.45, 2.75) is 6.54 Å². The molecule has 2 heterocycles. The summed E-state index contributed by atoms with van der Waals surface area (Å²) >= 11 is 0. The first-order chi connectivity index (χ1) is 14.7. The Morgan fingerprint density at radius 3 is 1.90 bits per heavy atom. The van der Waals surface area contributed by atoms with E-state index in [1.165, 1.54) is 0 Å². The molecule has 0 spiro atoms. The fraction of sp³-hybridized carbons (Fsp3) is 0.120. The summed E-state index contributed by atoms with van der Waals surface area (Å²) in [4.78, 5) is 16.9. The Balaban J connectivity index is 1.55. The zero-order valence-electron chi connectivity index (χ0n) is 16.9. The maximum absolute atomic E-state index is 12.4. The molecule has 2 aromatic heterocycles. The lowest BCUT2D eigenvalue weighted by atomic mass is 10.1. The lowest BCUT2D eigenvalue weighted by molar-refractivity contribution is 0.415. The fourth-order valence-electron chi connectivity index (χ4n) is 3.26. The number of hydrogen-bond acceptors (Lipinski definition) is 4. The standard InChI is InChI=1S/C25H22N2O3/c1-29-22-9-4-19(5-10-22)21-8-14-25(28)27(17-21)16-18-3-13-24(26-15-18)20-6-11-23(30-2)12-7-20/h3-15,17H,16H2,1-2H3. The summed E-state index contributed by atoms with van der Waals surface area (Å²) in [7, 11) is 3.29. The molecule has 4 aromatic rings. The van der Waals surface area contributed by atoms with Crippen LogP contribution in [0.15, 0.2) is 90.0 Å². The highest BCUT2D eigenvalue weighted by molar-refractivity contribution is 5.63. The Morgan fingerprint density at radius 1 is 0.733 bits per heavy atom. The molecule has 0 aliphatic carbocycles. The Hall–Kier alpha value is -3.86. The summed E-state index contributed by atoms with van der Waals surface area (Å²) < 4.78 is 12.1. The van der Waals surface area contributed by atoms with Gasteiger partial charge in [0.25, 0.3) is 5.56 Å². The number of pyridine rings is 2. The highest BCUT2D eigenvalue weighted by atomic mass is 16.5. The van der Waals surface area contributed by atoms with Crippen molar-refractivity contribution in [3.8, 4) is 33.9 Å². The normalized spacial score (nSPS) is 10.6. The van der Waals surface area contributed by atoms with Crippen LogP contribution in [-0.2, 0) is 6.54 Å². The predicted octanol–water partition coefficient (Wildman–Crippen LogP) is 4.64. The summed E-state index contributed by atoms with van der Waals surface area (Å²) in [6.45, 7) is 0.457. The maximum Gasteiger partial charge on any atom is 0.250 e. The molecule has 5 heteroatoms. The van der Waals surface area contributed by atoms with Gasteiger partial charge in [0.15, 0.2) is 0 Å². The number of hydrogen-bond donors (Lipinski definition) is 0. The van der Waals surface area contributed by atoms with Gasteiger partial charge in [0.05, 0.1) is 26.5 Å². The van der Waals surface area contributed by atoms with Gasteiger partial charge in [-0.25, -0.2) is 0 Å². The Labute approximate surface area is 175 Å². The van der Waals surface area contributed by atoms with Gasteiger partial charge in [-0.15, -0.1) is 0 Å². The van der Waals surface area contributed by atoms with Crippen molar-refractivity contribution >= 4 is 0 Å². The monoisotopic (exact) mass is 398 g/mol. The van der Waals surface area contributed by atoms with Gasteiger partial charge in [0.2, 0.25) is 0 Å². The highest BCUT2D eigenvalue weighted by Crippen LogP contribution is 2.22. The molecule has 4 rings (SSSR count). The number of nitrogens with zero attached hydrogens (tertiary/aromatic N) is 2. The Morgan fingerprint density at radius 2 is 1.33 bits per heavy atom. The third-order valence-electron chi connectivity index (χ3n) is 4.97. The van der Waals surface area contributed by atoms with Crippen LogP contribution in [-0.4, -0.2) is 23.8 Å². The van der Waals surface area contributed by atoms with Crippen molar-refractivity contribution in [3.63, 3.8) is 0 Å². The van der Waals surface area contributed by atoms with Crippen molar-refractivity contribution in [2.75, 3.05) is 14.2 Å². The molecular formula is C25H22N2O3. The van der Waals surface area contributed by atoms with Gasteiger partial charge in [-0.1, -0.05) is 18.2 Å². The molecule has 0 saturated carbocycles. The smallest absolute Gasteiger partial charge is 0.250 e. The Kier molecular flexibility index (Phi) is 5.61. The van der Waals surface area contributed by atoms with E-state index in [-0.39, 0.29) is 5.56 Å². The lowest BCUT2D eigenvalue weighted by Gasteiger charge is -2.10. The van der Waals surface area contributed by atoms with Crippen molar-refractivity contribution < 1.29 is 9.47 Å². The summed E-state index contributed by atoms with van der Waals surface area (Å²) in [5.41, 5.74) is 4.80.